The largest absolute Gasteiger partial charge is 0.481 e. The molecule has 1 saturated carbocycles. The summed E-state index contributed by atoms with van der Waals surface area (Å²) in [6.07, 6.45) is 4.09. The third-order valence-corrected chi connectivity index (χ3v) is 2.72. The number of anilines is 1. The molecule has 0 aromatic carbocycles. The Morgan fingerprint density at radius 3 is 2.94 bits per heavy atom. The summed E-state index contributed by atoms with van der Waals surface area (Å²) >= 11 is 0. The second-order valence-electron chi connectivity index (χ2n) is 4.14. The van der Waals surface area contributed by atoms with Crippen molar-refractivity contribution in [2.24, 2.45) is 0 Å². The predicted octanol–water partition coefficient (Wildman–Crippen LogP) is 1.26. The maximum absolute atomic E-state index is 10.5. The highest BCUT2D eigenvalue weighted by molar-refractivity contribution is 5.67. The van der Waals surface area contributed by atoms with E-state index >= 15 is 0 Å². The van der Waals surface area contributed by atoms with Crippen LogP contribution in [0.1, 0.15) is 30.9 Å². The maximum Gasteiger partial charge on any atom is 0.305 e. The van der Waals surface area contributed by atoms with Gasteiger partial charge < -0.3 is 10.0 Å². The van der Waals surface area contributed by atoms with Gasteiger partial charge in [-0.25, -0.2) is 9.97 Å². The SMILES string of the molecule is CN(CCC(=O)O)c1cc(C2CC2)ncn1. The molecular formula is C11H15N3O2. The van der Waals surface area contributed by atoms with Gasteiger partial charge in [0, 0.05) is 31.3 Å². The predicted molar refractivity (Wildman–Crippen MR) is 59.5 cm³/mol. The first-order valence-electron chi connectivity index (χ1n) is 5.41. The summed E-state index contributed by atoms with van der Waals surface area (Å²) in [5.74, 6) is 0.607. The van der Waals surface area contributed by atoms with E-state index in [0.717, 1.165) is 11.5 Å². The molecule has 0 bridgehead atoms. The van der Waals surface area contributed by atoms with Crippen molar-refractivity contribution in [1.82, 2.24) is 9.97 Å². The van der Waals surface area contributed by atoms with E-state index in [9.17, 15) is 4.79 Å². The fourth-order valence-corrected chi connectivity index (χ4v) is 1.55. The summed E-state index contributed by atoms with van der Waals surface area (Å²) in [4.78, 5) is 20.7. The van der Waals surface area contributed by atoms with Gasteiger partial charge in [0.2, 0.25) is 0 Å². The quantitative estimate of drug-likeness (QED) is 0.811. The zero-order valence-electron chi connectivity index (χ0n) is 9.26. The molecular weight excluding hydrogens is 206 g/mol. The number of carboxylic acids is 1. The number of hydrogen-bond donors (Lipinski definition) is 1. The molecule has 5 nitrogen and oxygen atoms in total. The van der Waals surface area contributed by atoms with Crippen molar-refractivity contribution >= 4 is 11.8 Å². The lowest BCUT2D eigenvalue weighted by molar-refractivity contribution is -0.136. The minimum absolute atomic E-state index is 0.124. The summed E-state index contributed by atoms with van der Waals surface area (Å²) in [6, 6.07) is 1.96. The maximum atomic E-state index is 10.5. The van der Waals surface area contributed by atoms with E-state index in [1.807, 2.05) is 18.0 Å². The molecule has 0 spiro atoms. The van der Waals surface area contributed by atoms with Crippen molar-refractivity contribution in [2.45, 2.75) is 25.2 Å². The highest BCUT2D eigenvalue weighted by atomic mass is 16.4. The van der Waals surface area contributed by atoms with Gasteiger partial charge in [-0.3, -0.25) is 4.79 Å². The van der Waals surface area contributed by atoms with Gasteiger partial charge in [-0.2, -0.15) is 0 Å². The molecule has 0 aliphatic heterocycles. The summed E-state index contributed by atoms with van der Waals surface area (Å²) in [5.41, 5.74) is 1.08. The zero-order chi connectivity index (χ0) is 11.5. The number of rotatable bonds is 5. The summed E-state index contributed by atoms with van der Waals surface area (Å²) in [7, 11) is 1.85. The van der Waals surface area contributed by atoms with Crippen LogP contribution in [0.15, 0.2) is 12.4 Å². The Hall–Kier alpha value is -1.65. The lowest BCUT2D eigenvalue weighted by atomic mass is 10.2. The van der Waals surface area contributed by atoms with Crippen molar-refractivity contribution in [3.05, 3.63) is 18.1 Å². The molecule has 16 heavy (non-hydrogen) atoms. The number of hydrogen-bond acceptors (Lipinski definition) is 4. The highest BCUT2D eigenvalue weighted by Gasteiger charge is 2.25. The third-order valence-electron chi connectivity index (χ3n) is 2.72. The number of nitrogens with zero attached hydrogens (tertiary/aromatic N) is 3. The monoisotopic (exact) mass is 221 g/mol. The van der Waals surface area contributed by atoms with Crippen LogP contribution < -0.4 is 4.90 Å². The van der Waals surface area contributed by atoms with Crippen LogP contribution in [-0.4, -0.2) is 34.6 Å². The van der Waals surface area contributed by atoms with Gasteiger partial charge in [0.25, 0.3) is 0 Å². The van der Waals surface area contributed by atoms with Crippen molar-refractivity contribution in [3.8, 4) is 0 Å². The van der Waals surface area contributed by atoms with E-state index in [1.165, 1.54) is 12.8 Å². The van der Waals surface area contributed by atoms with E-state index in [2.05, 4.69) is 9.97 Å². The smallest absolute Gasteiger partial charge is 0.305 e. The van der Waals surface area contributed by atoms with Gasteiger partial charge >= 0.3 is 5.97 Å². The molecule has 1 N–H and O–H groups in total. The third kappa shape index (κ3) is 2.68. The summed E-state index contributed by atoms with van der Waals surface area (Å²) in [5, 5.41) is 8.60. The van der Waals surface area contributed by atoms with Crippen molar-refractivity contribution < 1.29 is 9.90 Å². The van der Waals surface area contributed by atoms with Gasteiger partial charge in [-0.15, -0.1) is 0 Å². The normalized spacial score (nSPS) is 14.8. The molecule has 0 unspecified atom stereocenters. The Kier molecular flexibility index (Phi) is 3.03. The van der Waals surface area contributed by atoms with E-state index in [-0.39, 0.29) is 6.42 Å². The molecule has 2 rings (SSSR count). The van der Waals surface area contributed by atoms with E-state index in [4.69, 9.17) is 5.11 Å². The molecule has 0 radical (unpaired) electrons. The summed E-state index contributed by atoms with van der Waals surface area (Å²) in [6.45, 7) is 0.469. The first-order chi connectivity index (χ1) is 7.66. The highest BCUT2D eigenvalue weighted by Crippen LogP contribution is 2.39. The molecule has 1 heterocycles. The first-order valence-corrected chi connectivity index (χ1v) is 5.41. The lowest BCUT2D eigenvalue weighted by Gasteiger charge is -2.17. The van der Waals surface area contributed by atoms with Crippen molar-refractivity contribution in [1.29, 1.82) is 0 Å². The zero-order valence-corrected chi connectivity index (χ0v) is 9.26. The Balaban J connectivity index is 2.01. The molecule has 1 fully saturated rings. The van der Waals surface area contributed by atoms with Crippen molar-refractivity contribution in [2.75, 3.05) is 18.5 Å². The Morgan fingerprint density at radius 2 is 2.31 bits per heavy atom. The van der Waals surface area contributed by atoms with E-state index in [0.29, 0.717) is 12.5 Å². The molecule has 86 valence electrons. The van der Waals surface area contributed by atoms with Crippen LogP contribution in [0.2, 0.25) is 0 Å². The Bertz CT molecular complexity index is 391. The van der Waals surface area contributed by atoms with Gasteiger partial charge in [0.1, 0.15) is 12.1 Å². The van der Waals surface area contributed by atoms with Crippen molar-refractivity contribution in [3.63, 3.8) is 0 Å². The van der Waals surface area contributed by atoms with Crippen LogP contribution in [0.25, 0.3) is 0 Å². The molecule has 1 aromatic heterocycles. The number of aromatic nitrogens is 2. The van der Waals surface area contributed by atoms with Crippen LogP contribution in [-0.2, 0) is 4.79 Å². The molecule has 1 aromatic rings. The standard InChI is InChI=1S/C11H15N3O2/c1-14(5-4-11(15)16)10-6-9(8-2-3-8)12-7-13-10/h6-8H,2-5H2,1H3,(H,15,16). The van der Waals surface area contributed by atoms with E-state index < -0.39 is 5.97 Å². The molecule has 5 heteroatoms. The van der Waals surface area contributed by atoms with Crippen LogP contribution in [0.5, 0.6) is 0 Å². The van der Waals surface area contributed by atoms with Crippen LogP contribution in [0.3, 0.4) is 0 Å². The second kappa shape index (κ2) is 4.47. The average molecular weight is 221 g/mol. The summed E-state index contributed by atoms with van der Waals surface area (Å²) < 4.78 is 0. The average Bonchev–Trinajstić information content (AvgIpc) is 3.10. The molecule has 1 aliphatic carbocycles. The van der Waals surface area contributed by atoms with Gasteiger partial charge in [0.05, 0.1) is 6.42 Å². The topological polar surface area (TPSA) is 66.3 Å². The first kappa shape index (κ1) is 10.9. The van der Waals surface area contributed by atoms with Crippen LogP contribution in [0, 0.1) is 0 Å². The van der Waals surface area contributed by atoms with Crippen LogP contribution >= 0.6 is 0 Å². The van der Waals surface area contributed by atoms with Crippen LogP contribution in [0.4, 0.5) is 5.82 Å². The second-order valence-corrected chi connectivity index (χ2v) is 4.14. The minimum atomic E-state index is -0.789. The van der Waals surface area contributed by atoms with E-state index in [1.54, 1.807) is 6.33 Å². The minimum Gasteiger partial charge on any atom is -0.481 e. The Morgan fingerprint density at radius 1 is 1.56 bits per heavy atom. The van der Waals surface area contributed by atoms with Gasteiger partial charge in [-0.05, 0) is 12.8 Å². The molecule has 0 amide bonds. The number of aliphatic carboxylic acids is 1. The molecule has 0 atom stereocenters. The molecule has 0 saturated heterocycles. The number of carboxylic acid groups (broad SMARTS) is 1. The van der Waals surface area contributed by atoms with Gasteiger partial charge in [-0.1, -0.05) is 0 Å². The lowest BCUT2D eigenvalue weighted by Crippen LogP contribution is -2.22. The fraction of sp³-hybridized carbons (Fsp3) is 0.545. The molecule has 1 aliphatic rings. The fourth-order valence-electron chi connectivity index (χ4n) is 1.55. The van der Waals surface area contributed by atoms with Gasteiger partial charge in [0.15, 0.2) is 0 Å². The Labute approximate surface area is 94.1 Å². The number of carbonyl (C=O) groups is 1.